The number of nitrogens with one attached hydrogen (secondary N) is 1. The predicted molar refractivity (Wildman–Crippen MR) is 132 cm³/mol. The van der Waals surface area contributed by atoms with Gasteiger partial charge in [-0.2, -0.15) is 0 Å². The van der Waals surface area contributed by atoms with Crippen LogP contribution in [0.5, 0.6) is 0 Å². The zero-order valence-electron chi connectivity index (χ0n) is 19.8. The van der Waals surface area contributed by atoms with Gasteiger partial charge in [0.2, 0.25) is 5.91 Å². The van der Waals surface area contributed by atoms with E-state index in [1.54, 1.807) is 35.9 Å². The molecule has 0 atom stereocenters. The average Bonchev–Trinajstić information content (AvgIpc) is 3.03. The SMILES string of the molecule is Cc1cccc(-n2c(=O)c3c(cc(C)n3C)n(CC(=O)Nc3c(C)cc(C)cc3C)c2=O)c1. The van der Waals surface area contributed by atoms with Gasteiger partial charge in [0, 0.05) is 18.4 Å². The lowest BCUT2D eigenvalue weighted by molar-refractivity contribution is -0.116. The molecule has 7 heteroatoms. The second-order valence-electron chi connectivity index (χ2n) is 8.75. The molecule has 0 aliphatic carbocycles. The maximum Gasteiger partial charge on any atom is 0.336 e. The van der Waals surface area contributed by atoms with Gasteiger partial charge in [0.15, 0.2) is 0 Å². The van der Waals surface area contributed by atoms with E-state index < -0.39 is 11.2 Å². The minimum Gasteiger partial charge on any atom is -0.342 e. The Morgan fingerprint density at radius 3 is 2.21 bits per heavy atom. The number of hydrogen-bond acceptors (Lipinski definition) is 3. The fraction of sp³-hybridized carbons (Fsp3) is 0.269. The highest BCUT2D eigenvalue weighted by atomic mass is 16.2. The van der Waals surface area contributed by atoms with E-state index in [-0.39, 0.29) is 12.5 Å². The van der Waals surface area contributed by atoms with Gasteiger partial charge in [-0.3, -0.25) is 14.2 Å². The molecule has 4 rings (SSSR count). The third kappa shape index (κ3) is 3.91. The van der Waals surface area contributed by atoms with Crippen molar-refractivity contribution in [2.45, 2.75) is 41.2 Å². The number of fused-ring (bicyclic) bond motifs is 1. The third-order valence-corrected chi connectivity index (χ3v) is 6.07. The monoisotopic (exact) mass is 444 g/mol. The maximum atomic E-state index is 13.5. The molecule has 0 aliphatic rings. The number of amides is 1. The molecule has 0 radical (unpaired) electrons. The predicted octanol–water partition coefficient (Wildman–Crippen LogP) is 3.67. The van der Waals surface area contributed by atoms with Crippen LogP contribution < -0.4 is 16.6 Å². The lowest BCUT2D eigenvalue weighted by Crippen LogP contribution is -2.41. The molecule has 2 aromatic heterocycles. The summed E-state index contributed by atoms with van der Waals surface area (Å²) in [5.41, 5.74) is 5.87. The van der Waals surface area contributed by atoms with Crippen LogP contribution in [0.3, 0.4) is 0 Å². The van der Waals surface area contributed by atoms with Gasteiger partial charge in [-0.1, -0.05) is 29.8 Å². The minimum atomic E-state index is -0.545. The highest BCUT2D eigenvalue weighted by Gasteiger charge is 2.20. The Labute approximate surface area is 191 Å². The van der Waals surface area contributed by atoms with Gasteiger partial charge in [0.25, 0.3) is 5.56 Å². The summed E-state index contributed by atoms with van der Waals surface area (Å²) in [6.45, 7) is 9.45. The summed E-state index contributed by atoms with van der Waals surface area (Å²) in [6, 6.07) is 13.0. The number of aryl methyl sites for hydroxylation is 6. The van der Waals surface area contributed by atoms with E-state index in [4.69, 9.17) is 0 Å². The van der Waals surface area contributed by atoms with E-state index in [1.165, 1.54) is 4.57 Å². The van der Waals surface area contributed by atoms with E-state index in [0.29, 0.717) is 16.7 Å². The Morgan fingerprint density at radius 1 is 0.909 bits per heavy atom. The Balaban J connectivity index is 1.87. The molecule has 170 valence electrons. The van der Waals surface area contributed by atoms with E-state index in [1.807, 2.05) is 52.8 Å². The minimum absolute atomic E-state index is 0.211. The summed E-state index contributed by atoms with van der Waals surface area (Å²) in [7, 11) is 1.79. The molecule has 0 fully saturated rings. The molecular formula is C26H28N4O3. The number of nitrogens with zero attached hydrogens (tertiary/aromatic N) is 3. The fourth-order valence-corrected chi connectivity index (χ4v) is 4.43. The number of anilines is 1. The molecule has 33 heavy (non-hydrogen) atoms. The summed E-state index contributed by atoms with van der Waals surface area (Å²) in [4.78, 5) is 40.0. The number of rotatable bonds is 4. The van der Waals surface area contributed by atoms with Crippen molar-refractivity contribution >= 4 is 22.6 Å². The third-order valence-electron chi connectivity index (χ3n) is 6.07. The van der Waals surface area contributed by atoms with Crippen molar-refractivity contribution in [1.29, 1.82) is 0 Å². The van der Waals surface area contributed by atoms with E-state index in [0.717, 1.165) is 38.2 Å². The summed E-state index contributed by atoms with van der Waals surface area (Å²) in [5.74, 6) is -0.329. The molecule has 2 aromatic carbocycles. The van der Waals surface area contributed by atoms with Gasteiger partial charge in [0.1, 0.15) is 12.1 Å². The lowest BCUT2D eigenvalue weighted by atomic mass is 10.1. The molecule has 2 heterocycles. The quantitative estimate of drug-likeness (QED) is 0.522. The van der Waals surface area contributed by atoms with Crippen molar-refractivity contribution in [3.05, 3.63) is 91.3 Å². The van der Waals surface area contributed by atoms with Crippen molar-refractivity contribution in [2.75, 3.05) is 5.32 Å². The van der Waals surface area contributed by atoms with E-state index in [9.17, 15) is 14.4 Å². The largest absolute Gasteiger partial charge is 0.342 e. The van der Waals surface area contributed by atoms with Crippen LogP contribution in [0.25, 0.3) is 16.7 Å². The second kappa shape index (κ2) is 8.24. The van der Waals surface area contributed by atoms with Crippen molar-refractivity contribution in [2.24, 2.45) is 7.05 Å². The first kappa shape index (κ1) is 22.3. The fourth-order valence-electron chi connectivity index (χ4n) is 4.43. The summed E-state index contributed by atoms with van der Waals surface area (Å²) in [5, 5.41) is 2.96. The summed E-state index contributed by atoms with van der Waals surface area (Å²) < 4.78 is 4.27. The molecule has 4 aromatic rings. The van der Waals surface area contributed by atoms with E-state index >= 15 is 0 Å². The second-order valence-corrected chi connectivity index (χ2v) is 8.75. The van der Waals surface area contributed by atoms with Crippen molar-refractivity contribution in [3.63, 3.8) is 0 Å². The summed E-state index contributed by atoms with van der Waals surface area (Å²) in [6.07, 6.45) is 0. The molecule has 1 amide bonds. The highest BCUT2D eigenvalue weighted by Crippen LogP contribution is 2.22. The topological polar surface area (TPSA) is 78.0 Å². The zero-order chi connectivity index (χ0) is 24.0. The van der Waals surface area contributed by atoms with Crippen molar-refractivity contribution < 1.29 is 4.79 Å². The normalized spacial score (nSPS) is 11.2. The molecular weight excluding hydrogens is 416 g/mol. The molecule has 7 nitrogen and oxygen atoms in total. The van der Waals surface area contributed by atoms with Crippen LogP contribution >= 0.6 is 0 Å². The van der Waals surface area contributed by atoms with Crippen LogP contribution in [0, 0.1) is 34.6 Å². The van der Waals surface area contributed by atoms with Gasteiger partial charge < -0.3 is 9.88 Å². The first-order chi connectivity index (χ1) is 15.6. The molecule has 0 unspecified atom stereocenters. The molecule has 0 saturated carbocycles. The van der Waals surface area contributed by atoms with Crippen LogP contribution in [-0.2, 0) is 18.4 Å². The Bertz CT molecular complexity index is 1510. The molecule has 1 N–H and O–H groups in total. The molecule has 0 bridgehead atoms. The average molecular weight is 445 g/mol. The van der Waals surface area contributed by atoms with Gasteiger partial charge in [0.05, 0.1) is 11.2 Å². The van der Waals surface area contributed by atoms with Crippen LogP contribution in [0.1, 0.15) is 27.9 Å². The van der Waals surface area contributed by atoms with Gasteiger partial charge in [-0.25, -0.2) is 9.36 Å². The molecule has 0 spiro atoms. The molecule has 0 saturated heterocycles. The van der Waals surface area contributed by atoms with E-state index in [2.05, 4.69) is 5.32 Å². The van der Waals surface area contributed by atoms with Crippen LogP contribution in [0.4, 0.5) is 5.69 Å². The van der Waals surface area contributed by atoms with Crippen LogP contribution in [-0.4, -0.2) is 19.6 Å². The standard InChI is InChI=1S/C26H28N4O3/c1-15-8-7-9-20(12-15)30-25(32)24-21(13-19(5)28(24)6)29(26(30)33)14-22(31)27-23-17(3)10-16(2)11-18(23)4/h7-13H,14H2,1-6H3,(H,27,31). The van der Waals surface area contributed by atoms with Gasteiger partial charge in [-0.15, -0.1) is 0 Å². The first-order valence-electron chi connectivity index (χ1n) is 10.8. The van der Waals surface area contributed by atoms with Crippen LogP contribution in [0.2, 0.25) is 0 Å². The Hall–Kier alpha value is -3.87. The Morgan fingerprint density at radius 2 is 1.58 bits per heavy atom. The van der Waals surface area contributed by atoms with Gasteiger partial charge in [-0.05, 0) is 69.5 Å². The number of benzene rings is 2. The molecule has 0 aliphatic heterocycles. The number of hydrogen-bond donors (Lipinski definition) is 1. The number of carbonyl (C=O) groups is 1. The van der Waals surface area contributed by atoms with Crippen molar-refractivity contribution in [3.8, 4) is 5.69 Å². The highest BCUT2D eigenvalue weighted by molar-refractivity contribution is 5.93. The van der Waals surface area contributed by atoms with Crippen molar-refractivity contribution in [1.82, 2.24) is 13.7 Å². The van der Waals surface area contributed by atoms with Crippen LogP contribution in [0.15, 0.2) is 52.1 Å². The lowest BCUT2D eigenvalue weighted by Gasteiger charge is -2.15. The van der Waals surface area contributed by atoms with Gasteiger partial charge >= 0.3 is 5.69 Å². The Kier molecular flexibility index (Phi) is 5.57. The summed E-state index contributed by atoms with van der Waals surface area (Å²) >= 11 is 0. The number of carbonyl (C=O) groups excluding carboxylic acids is 1. The first-order valence-corrected chi connectivity index (χ1v) is 10.8. The zero-order valence-corrected chi connectivity index (χ0v) is 19.8. The maximum absolute atomic E-state index is 13.5. The number of aromatic nitrogens is 3. The smallest absolute Gasteiger partial charge is 0.336 e.